The zero-order valence-corrected chi connectivity index (χ0v) is 13.0. The van der Waals surface area contributed by atoms with Crippen molar-refractivity contribution in [1.29, 1.82) is 0 Å². The van der Waals surface area contributed by atoms with Gasteiger partial charge in [-0.1, -0.05) is 32.4 Å². The largest absolute Gasteiger partial charge is 0.351 e. The van der Waals surface area contributed by atoms with Gasteiger partial charge in [-0.25, -0.2) is 0 Å². The Hall–Kier alpha value is -1.00. The number of aryl methyl sites for hydroxylation is 1. The molecule has 0 spiro atoms. The molecule has 1 aromatic rings. The van der Waals surface area contributed by atoms with Gasteiger partial charge in [0.25, 0.3) is 0 Å². The Balaban J connectivity index is 2.64. The van der Waals surface area contributed by atoms with E-state index in [0.29, 0.717) is 6.54 Å². The molecule has 0 aliphatic rings. The number of amides is 1. The number of hydrogen-bond acceptors (Lipinski definition) is 3. The molecule has 0 aromatic heterocycles. The highest BCUT2D eigenvalue weighted by atomic mass is 32.2. The summed E-state index contributed by atoms with van der Waals surface area (Å²) in [5.41, 5.74) is 8.29. The van der Waals surface area contributed by atoms with E-state index < -0.39 is 6.04 Å². The second-order valence-corrected chi connectivity index (χ2v) is 5.79. The number of nitrogens with two attached hydrogens (primary N) is 1. The first-order valence-corrected chi connectivity index (χ1v) is 7.88. The number of rotatable bonds is 6. The second-order valence-electron chi connectivity index (χ2n) is 4.94. The third-order valence-electron chi connectivity index (χ3n) is 3.46. The lowest BCUT2D eigenvalue weighted by Gasteiger charge is -2.18. The minimum absolute atomic E-state index is 0.0676. The Labute approximate surface area is 120 Å². The lowest BCUT2D eigenvalue weighted by molar-refractivity contribution is -0.123. The van der Waals surface area contributed by atoms with Gasteiger partial charge in [0.1, 0.15) is 0 Å². The van der Waals surface area contributed by atoms with E-state index in [4.69, 9.17) is 5.73 Å². The van der Waals surface area contributed by atoms with E-state index in [9.17, 15) is 4.79 Å². The summed E-state index contributed by atoms with van der Waals surface area (Å²) in [5, 5.41) is 2.93. The summed E-state index contributed by atoms with van der Waals surface area (Å²) >= 11 is 1.70. The highest BCUT2D eigenvalue weighted by Gasteiger charge is 2.19. The van der Waals surface area contributed by atoms with E-state index in [1.807, 2.05) is 20.1 Å². The number of hydrogen-bond donors (Lipinski definition) is 2. The third kappa shape index (κ3) is 4.55. The molecule has 0 bridgehead atoms. The third-order valence-corrected chi connectivity index (χ3v) is 4.28. The summed E-state index contributed by atoms with van der Waals surface area (Å²) in [5.74, 6) is 0.139. The highest BCUT2D eigenvalue weighted by Crippen LogP contribution is 2.21. The van der Waals surface area contributed by atoms with Gasteiger partial charge in [0.15, 0.2) is 0 Å². The maximum Gasteiger partial charge on any atom is 0.237 e. The maximum absolute atomic E-state index is 11.9. The molecule has 0 aliphatic carbocycles. The summed E-state index contributed by atoms with van der Waals surface area (Å²) in [4.78, 5) is 13.1. The smallest absolute Gasteiger partial charge is 0.237 e. The van der Waals surface area contributed by atoms with Crippen LogP contribution in [0.25, 0.3) is 0 Å². The molecule has 3 N–H and O–H groups in total. The van der Waals surface area contributed by atoms with Crippen molar-refractivity contribution in [2.24, 2.45) is 11.7 Å². The molecule has 0 saturated carbocycles. The Morgan fingerprint density at radius 1 is 1.47 bits per heavy atom. The number of carbonyl (C=O) groups is 1. The zero-order chi connectivity index (χ0) is 14.4. The first-order chi connectivity index (χ1) is 8.99. The van der Waals surface area contributed by atoms with Gasteiger partial charge in [-0.3, -0.25) is 4.79 Å². The Bertz CT molecular complexity index is 434. The fraction of sp³-hybridized carbons (Fsp3) is 0.533. The molecule has 106 valence electrons. The van der Waals surface area contributed by atoms with E-state index in [-0.39, 0.29) is 11.8 Å². The van der Waals surface area contributed by atoms with Crippen molar-refractivity contribution >= 4 is 17.7 Å². The molecule has 19 heavy (non-hydrogen) atoms. The van der Waals surface area contributed by atoms with Crippen molar-refractivity contribution < 1.29 is 4.79 Å². The van der Waals surface area contributed by atoms with Crippen molar-refractivity contribution in [3.63, 3.8) is 0 Å². The summed E-state index contributed by atoms with van der Waals surface area (Å²) in [6.07, 6.45) is 2.96. The van der Waals surface area contributed by atoms with Gasteiger partial charge >= 0.3 is 0 Å². The van der Waals surface area contributed by atoms with E-state index in [2.05, 4.69) is 30.4 Å². The van der Waals surface area contributed by atoms with Gasteiger partial charge in [-0.05, 0) is 36.3 Å². The predicted molar refractivity (Wildman–Crippen MR) is 82.2 cm³/mol. The van der Waals surface area contributed by atoms with Crippen LogP contribution in [0.15, 0.2) is 23.1 Å². The summed E-state index contributed by atoms with van der Waals surface area (Å²) in [6, 6.07) is 5.85. The minimum Gasteiger partial charge on any atom is -0.351 e. The molecule has 3 nitrogen and oxygen atoms in total. The molecule has 1 amide bonds. The topological polar surface area (TPSA) is 55.1 Å². The predicted octanol–water partition coefficient (Wildman–Crippen LogP) is 2.71. The quantitative estimate of drug-likeness (QED) is 0.788. The van der Waals surface area contributed by atoms with Crippen LogP contribution in [0.1, 0.15) is 31.4 Å². The van der Waals surface area contributed by atoms with Crippen molar-refractivity contribution in [2.75, 3.05) is 6.26 Å². The fourth-order valence-electron chi connectivity index (χ4n) is 1.81. The van der Waals surface area contributed by atoms with E-state index in [1.54, 1.807) is 11.8 Å². The van der Waals surface area contributed by atoms with E-state index in [0.717, 1.165) is 12.0 Å². The van der Waals surface area contributed by atoms with Crippen LogP contribution < -0.4 is 11.1 Å². The molecule has 0 aliphatic heterocycles. The van der Waals surface area contributed by atoms with Gasteiger partial charge in [-0.2, -0.15) is 0 Å². The van der Waals surface area contributed by atoms with Gasteiger partial charge in [-0.15, -0.1) is 11.8 Å². The summed E-state index contributed by atoms with van der Waals surface area (Å²) in [7, 11) is 0. The average molecular weight is 280 g/mol. The molecule has 1 aromatic carbocycles. The zero-order valence-electron chi connectivity index (χ0n) is 12.2. The van der Waals surface area contributed by atoms with Crippen LogP contribution in [0.4, 0.5) is 0 Å². The first-order valence-electron chi connectivity index (χ1n) is 6.66. The normalized spacial score (nSPS) is 13.9. The number of carbonyl (C=O) groups excluding carboxylic acids is 1. The molecule has 2 atom stereocenters. The lowest BCUT2D eigenvalue weighted by atomic mass is 9.99. The molecular weight excluding hydrogens is 256 g/mol. The maximum atomic E-state index is 11.9. The van der Waals surface area contributed by atoms with Crippen molar-refractivity contribution in [2.45, 2.75) is 44.7 Å². The molecule has 0 saturated heterocycles. The first kappa shape index (κ1) is 16.1. The van der Waals surface area contributed by atoms with E-state index in [1.165, 1.54) is 10.5 Å². The average Bonchev–Trinajstić information content (AvgIpc) is 2.43. The standard InChI is InChI=1S/C15H24N2OS/c1-5-11(3)14(16)15(18)17-9-12-7-6-10(2)8-13(12)19-4/h6-8,11,14H,5,9,16H2,1-4H3,(H,17,18). The van der Waals surface area contributed by atoms with Gasteiger partial charge < -0.3 is 11.1 Å². The SMILES string of the molecule is CCC(C)C(N)C(=O)NCc1ccc(C)cc1SC. The van der Waals surface area contributed by atoms with Crippen LogP contribution >= 0.6 is 11.8 Å². The molecule has 4 heteroatoms. The minimum atomic E-state index is -0.423. The summed E-state index contributed by atoms with van der Waals surface area (Å²) < 4.78 is 0. The molecule has 1 rings (SSSR count). The second kappa shape index (κ2) is 7.56. The number of benzene rings is 1. The number of nitrogens with one attached hydrogen (secondary N) is 1. The summed E-state index contributed by atoms with van der Waals surface area (Å²) in [6.45, 7) is 6.66. The van der Waals surface area contributed by atoms with Crippen molar-refractivity contribution in [3.05, 3.63) is 29.3 Å². The molecular formula is C15H24N2OS. The van der Waals surface area contributed by atoms with Gasteiger partial charge in [0.05, 0.1) is 6.04 Å². The molecule has 0 fully saturated rings. The van der Waals surface area contributed by atoms with Crippen LogP contribution in [-0.4, -0.2) is 18.2 Å². The van der Waals surface area contributed by atoms with Crippen LogP contribution in [0.2, 0.25) is 0 Å². The number of thioether (sulfide) groups is 1. The van der Waals surface area contributed by atoms with Crippen LogP contribution in [-0.2, 0) is 11.3 Å². The van der Waals surface area contributed by atoms with Crippen LogP contribution in [0.3, 0.4) is 0 Å². The van der Waals surface area contributed by atoms with Crippen molar-refractivity contribution in [3.8, 4) is 0 Å². The van der Waals surface area contributed by atoms with Gasteiger partial charge in [0, 0.05) is 11.4 Å². The van der Waals surface area contributed by atoms with E-state index >= 15 is 0 Å². The molecule has 0 heterocycles. The van der Waals surface area contributed by atoms with Crippen molar-refractivity contribution in [1.82, 2.24) is 5.32 Å². The lowest BCUT2D eigenvalue weighted by Crippen LogP contribution is -2.44. The van der Waals surface area contributed by atoms with Crippen LogP contribution in [0.5, 0.6) is 0 Å². The monoisotopic (exact) mass is 280 g/mol. The molecule has 2 unspecified atom stereocenters. The molecule has 0 radical (unpaired) electrons. The fourth-order valence-corrected chi connectivity index (χ4v) is 2.52. The van der Waals surface area contributed by atoms with Crippen LogP contribution in [0, 0.1) is 12.8 Å². The van der Waals surface area contributed by atoms with Gasteiger partial charge in [0.2, 0.25) is 5.91 Å². The highest BCUT2D eigenvalue weighted by molar-refractivity contribution is 7.98. The Morgan fingerprint density at radius 3 is 2.74 bits per heavy atom. The Kier molecular flexibility index (Phi) is 6.38. The Morgan fingerprint density at radius 2 is 2.16 bits per heavy atom.